The van der Waals surface area contributed by atoms with Gasteiger partial charge in [0, 0.05) is 43.8 Å². The summed E-state index contributed by atoms with van der Waals surface area (Å²) in [5, 5.41) is 17.2. The number of rotatable bonds is 5. The molecule has 0 aliphatic carbocycles. The van der Waals surface area contributed by atoms with Crippen LogP contribution in [0, 0.1) is 0 Å². The van der Waals surface area contributed by atoms with Crippen LogP contribution < -0.4 is 10.2 Å². The Balaban J connectivity index is 0.000000481. The van der Waals surface area contributed by atoms with E-state index in [-0.39, 0.29) is 0 Å². The number of benzene rings is 1. The van der Waals surface area contributed by atoms with Crippen molar-refractivity contribution >= 4 is 51.3 Å². The Morgan fingerprint density at radius 3 is 2.40 bits per heavy atom. The summed E-state index contributed by atoms with van der Waals surface area (Å²) in [5.41, 5.74) is 2.19. The number of anilines is 2. The molecule has 3 aromatic rings. The van der Waals surface area contributed by atoms with E-state index in [4.69, 9.17) is 15.3 Å². The Bertz CT molecular complexity index is 906. The normalized spacial score (nSPS) is 13.5. The molecule has 0 atom stereocenters. The number of allylic oxidation sites excluding steroid dienone is 1. The third kappa shape index (κ3) is 6.51. The molecule has 0 unspecified atom stereocenters. The van der Waals surface area contributed by atoms with Crippen LogP contribution in [-0.4, -0.2) is 64.3 Å². The van der Waals surface area contributed by atoms with Crippen LogP contribution in [0.15, 0.2) is 59.6 Å². The first kappa shape index (κ1) is 23.8. The highest BCUT2D eigenvalue weighted by atomic mass is 32.2. The molecular weight excluding hydrogens is 422 g/mol. The van der Waals surface area contributed by atoms with Crippen molar-refractivity contribution in [3.05, 3.63) is 54.7 Å². The van der Waals surface area contributed by atoms with E-state index in [0.29, 0.717) is 6.29 Å². The van der Waals surface area contributed by atoms with Gasteiger partial charge >= 0.3 is 0 Å². The second-order valence-corrected chi connectivity index (χ2v) is 8.07. The fourth-order valence-electron chi connectivity index (χ4n) is 2.82. The number of hydrogen-bond donors (Lipinski definition) is 3. The molecular formula is C20H25N5O3S2. The first-order valence-corrected chi connectivity index (χ1v) is 10.8. The van der Waals surface area contributed by atoms with Gasteiger partial charge in [-0.1, -0.05) is 6.58 Å². The number of carbonyl (C=O) groups excluding carboxylic acids is 1. The summed E-state index contributed by atoms with van der Waals surface area (Å²) in [5.74, 6) is 1.08. The minimum Gasteiger partial charge on any atom is -0.388 e. The number of fused-ring (bicyclic) bond motifs is 1. The molecule has 1 aliphatic heterocycles. The number of piperazine rings is 1. The maximum atomic E-state index is 9.06. The molecule has 4 rings (SSSR count). The molecule has 1 saturated heterocycles. The average Bonchev–Trinajstić information content (AvgIpc) is 3.31. The minimum absolute atomic E-state index is 0.639. The van der Waals surface area contributed by atoms with Gasteiger partial charge < -0.3 is 10.2 Å². The minimum atomic E-state index is 0.639. The highest BCUT2D eigenvalue weighted by Gasteiger charge is 2.21. The van der Waals surface area contributed by atoms with Crippen molar-refractivity contribution in [2.75, 3.05) is 43.4 Å². The van der Waals surface area contributed by atoms with Crippen LogP contribution in [0.2, 0.25) is 0 Å². The molecule has 0 bridgehead atoms. The average molecular weight is 448 g/mol. The molecule has 1 aromatic carbocycles. The molecule has 2 aromatic heterocycles. The van der Waals surface area contributed by atoms with Gasteiger partial charge in [0.05, 0.1) is 10.2 Å². The van der Waals surface area contributed by atoms with Crippen molar-refractivity contribution in [3.8, 4) is 0 Å². The summed E-state index contributed by atoms with van der Waals surface area (Å²) in [4.78, 5) is 21.6. The van der Waals surface area contributed by atoms with Crippen LogP contribution in [0.5, 0.6) is 0 Å². The third-order valence-corrected chi connectivity index (χ3v) is 6.24. The summed E-state index contributed by atoms with van der Waals surface area (Å²) in [6, 6.07) is 10.6. The molecule has 160 valence electrons. The molecule has 3 heterocycles. The van der Waals surface area contributed by atoms with Crippen molar-refractivity contribution in [1.82, 2.24) is 14.3 Å². The third-order valence-electron chi connectivity index (χ3n) is 4.24. The van der Waals surface area contributed by atoms with Gasteiger partial charge in [-0.05, 0) is 53.7 Å². The number of hydrogen-bond acceptors (Lipinski definition) is 10. The van der Waals surface area contributed by atoms with Gasteiger partial charge in [0.25, 0.3) is 0 Å². The lowest BCUT2D eigenvalue weighted by atomic mass is 10.3. The van der Waals surface area contributed by atoms with Gasteiger partial charge in [-0.2, -0.15) is 0 Å². The van der Waals surface area contributed by atoms with Crippen LogP contribution >= 0.6 is 23.3 Å². The number of aromatic nitrogens is 2. The van der Waals surface area contributed by atoms with Gasteiger partial charge in [0.15, 0.2) is 0 Å². The lowest BCUT2D eigenvalue weighted by molar-refractivity contribution is -0.176. The largest absolute Gasteiger partial charge is 0.388 e. The lowest BCUT2D eigenvalue weighted by Crippen LogP contribution is -2.43. The SMILES string of the molecule is C=CC=O.CNc1ccc(SN2CCN(c3ncnc4ccsc34)CC2)cc1.OO. The summed E-state index contributed by atoms with van der Waals surface area (Å²) >= 11 is 3.56. The molecule has 8 nitrogen and oxygen atoms in total. The van der Waals surface area contributed by atoms with Crippen molar-refractivity contribution in [1.29, 1.82) is 0 Å². The predicted octanol–water partition coefficient (Wildman–Crippen LogP) is 3.95. The molecule has 0 radical (unpaired) electrons. The van der Waals surface area contributed by atoms with Gasteiger partial charge in [-0.15, -0.1) is 11.3 Å². The van der Waals surface area contributed by atoms with Crippen LogP contribution in [0.4, 0.5) is 11.5 Å². The van der Waals surface area contributed by atoms with Gasteiger partial charge in [0.1, 0.15) is 18.4 Å². The summed E-state index contributed by atoms with van der Waals surface area (Å²) in [6.07, 6.45) is 3.51. The number of thiophene rings is 1. The Morgan fingerprint density at radius 2 is 1.80 bits per heavy atom. The van der Waals surface area contributed by atoms with E-state index in [0.717, 1.165) is 43.2 Å². The zero-order valence-electron chi connectivity index (χ0n) is 16.6. The smallest absolute Gasteiger partial charge is 0.150 e. The second kappa shape index (κ2) is 12.9. The predicted molar refractivity (Wildman–Crippen MR) is 125 cm³/mol. The van der Waals surface area contributed by atoms with Crippen molar-refractivity contribution < 1.29 is 15.3 Å². The first-order chi connectivity index (χ1) is 14.7. The number of nitrogens with one attached hydrogen (secondary N) is 1. The van der Waals surface area contributed by atoms with Crippen molar-refractivity contribution in [2.24, 2.45) is 0 Å². The number of nitrogens with zero attached hydrogens (tertiary/aromatic N) is 4. The molecule has 0 saturated carbocycles. The van der Waals surface area contributed by atoms with Crippen LogP contribution in [0.1, 0.15) is 0 Å². The summed E-state index contributed by atoms with van der Waals surface area (Å²) < 4.78 is 3.62. The molecule has 10 heteroatoms. The Kier molecular flexibility index (Phi) is 10.3. The van der Waals surface area contributed by atoms with E-state index in [2.05, 4.69) is 66.8 Å². The van der Waals surface area contributed by atoms with Crippen molar-refractivity contribution in [2.45, 2.75) is 4.90 Å². The summed E-state index contributed by atoms with van der Waals surface area (Å²) in [6.45, 7) is 7.14. The maximum Gasteiger partial charge on any atom is 0.150 e. The van der Waals surface area contributed by atoms with E-state index in [1.54, 1.807) is 17.7 Å². The molecule has 1 aliphatic rings. The van der Waals surface area contributed by atoms with Gasteiger partial charge in [-0.25, -0.2) is 14.3 Å². The van der Waals surface area contributed by atoms with Gasteiger partial charge in [0.2, 0.25) is 0 Å². The molecule has 0 spiro atoms. The fraction of sp³-hybridized carbons (Fsp3) is 0.250. The second-order valence-electron chi connectivity index (χ2n) is 5.99. The number of carbonyl (C=O) groups is 1. The Morgan fingerprint density at radius 1 is 1.13 bits per heavy atom. The molecule has 30 heavy (non-hydrogen) atoms. The quantitative estimate of drug-likeness (QED) is 0.176. The zero-order valence-corrected chi connectivity index (χ0v) is 18.3. The van der Waals surface area contributed by atoms with E-state index < -0.39 is 0 Å². The zero-order chi connectivity index (χ0) is 21.8. The fourth-order valence-corrected chi connectivity index (χ4v) is 4.59. The maximum absolute atomic E-state index is 9.06. The number of aldehydes is 1. The van der Waals surface area contributed by atoms with E-state index in [9.17, 15) is 0 Å². The molecule has 0 amide bonds. The lowest BCUT2D eigenvalue weighted by Gasteiger charge is -2.34. The van der Waals surface area contributed by atoms with Gasteiger partial charge in [-0.3, -0.25) is 15.3 Å². The Labute approximate surface area is 183 Å². The first-order valence-electron chi connectivity index (χ1n) is 9.15. The van der Waals surface area contributed by atoms with Crippen LogP contribution in [0.25, 0.3) is 10.2 Å². The van der Waals surface area contributed by atoms with Crippen LogP contribution in [0.3, 0.4) is 0 Å². The van der Waals surface area contributed by atoms with Crippen molar-refractivity contribution in [3.63, 3.8) is 0 Å². The molecule has 1 fully saturated rings. The molecule has 3 N–H and O–H groups in total. The standard InChI is InChI=1S/C17H19N5S2.C3H4O.H2O2/c1-18-13-2-4-14(5-3-13)24-22-9-7-21(8-10-22)17-16-15(6-11-23-16)19-12-20-17;1-2-3-4;1-2/h2-6,11-12,18H,7-10H2,1H3;2-3H,1H2;1-2H. The Hall–Kier alpha value is -2.50. The van der Waals surface area contributed by atoms with E-state index in [1.165, 1.54) is 15.7 Å². The van der Waals surface area contributed by atoms with Crippen LogP contribution in [-0.2, 0) is 4.79 Å². The monoisotopic (exact) mass is 447 g/mol. The highest BCUT2D eigenvalue weighted by molar-refractivity contribution is 7.97. The van der Waals surface area contributed by atoms with E-state index >= 15 is 0 Å². The van der Waals surface area contributed by atoms with E-state index in [1.807, 2.05) is 19.0 Å². The summed E-state index contributed by atoms with van der Waals surface area (Å²) in [7, 11) is 1.94. The highest BCUT2D eigenvalue weighted by Crippen LogP contribution is 2.30. The topological polar surface area (TPSA) is 102 Å².